The third kappa shape index (κ3) is 4.61. The van der Waals surface area contributed by atoms with Crippen LogP contribution in [0.5, 0.6) is 5.75 Å². The van der Waals surface area contributed by atoms with Gasteiger partial charge in [-0.1, -0.05) is 49.2 Å². The van der Waals surface area contributed by atoms with E-state index < -0.39 is 0 Å². The Bertz CT molecular complexity index is 962. The first-order valence-corrected chi connectivity index (χ1v) is 9.55. The van der Waals surface area contributed by atoms with Crippen LogP contribution in [0.3, 0.4) is 0 Å². The fourth-order valence-corrected chi connectivity index (χ4v) is 3.48. The van der Waals surface area contributed by atoms with Crippen LogP contribution < -0.4 is 11.1 Å². The molecule has 4 N–H and O–H groups in total. The number of aromatic nitrogens is 2. The zero-order chi connectivity index (χ0) is 19.6. The summed E-state index contributed by atoms with van der Waals surface area (Å²) in [6.07, 6.45) is 0.910. The zero-order valence-corrected chi connectivity index (χ0v) is 16.7. The average Bonchev–Trinajstić information content (AvgIpc) is 2.62. The van der Waals surface area contributed by atoms with Gasteiger partial charge in [-0.05, 0) is 36.6 Å². The van der Waals surface area contributed by atoms with Crippen LogP contribution in [0.2, 0.25) is 10.0 Å². The van der Waals surface area contributed by atoms with Gasteiger partial charge in [0.05, 0.1) is 16.1 Å². The first-order chi connectivity index (χ1) is 12.8. The number of nitrogens with two attached hydrogens (primary N) is 1. The predicted octanol–water partition coefficient (Wildman–Crippen LogP) is 5.09. The summed E-state index contributed by atoms with van der Waals surface area (Å²) in [4.78, 5) is 9.18. The topological polar surface area (TPSA) is 84.1 Å². The molecule has 7 heteroatoms. The number of nitrogens with one attached hydrogen (secondary N) is 1. The van der Waals surface area contributed by atoms with Crippen molar-refractivity contribution in [2.75, 3.05) is 11.9 Å². The highest BCUT2D eigenvalue weighted by molar-refractivity contribution is 6.36. The summed E-state index contributed by atoms with van der Waals surface area (Å²) in [6.45, 7) is 4.87. The molecule has 1 atom stereocenters. The molecule has 0 bridgehead atoms. The molecule has 0 unspecified atom stereocenters. The summed E-state index contributed by atoms with van der Waals surface area (Å²) in [7, 11) is 0. The number of halogens is 2. The van der Waals surface area contributed by atoms with Crippen LogP contribution in [-0.4, -0.2) is 27.7 Å². The number of nitrogens with zero attached hydrogens (tertiary/aromatic N) is 2. The summed E-state index contributed by atoms with van der Waals surface area (Å²) in [5.41, 5.74) is 7.33. The van der Waals surface area contributed by atoms with Crippen LogP contribution in [-0.2, 0) is 0 Å². The van der Waals surface area contributed by atoms with E-state index in [1.807, 2.05) is 24.3 Å². The largest absolute Gasteiger partial charge is 0.506 e. The first-order valence-electron chi connectivity index (χ1n) is 8.79. The lowest BCUT2D eigenvalue weighted by Crippen LogP contribution is -2.30. The number of aromatic hydroxyl groups is 1. The quantitative estimate of drug-likeness (QED) is 0.532. The van der Waals surface area contributed by atoms with E-state index in [0.29, 0.717) is 34.7 Å². The molecule has 3 rings (SSSR count). The van der Waals surface area contributed by atoms with Crippen molar-refractivity contribution in [3.05, 3.63) is 46.4 Å². The van der Waals surface area contributed by atoms with Gasteiger partial charge in [-0.25, -0.2) is 9.97 Å². The van der Waals surface area contributed by atoms with Crippen LogP contribution in [0.4, 0.5) is 5.82 Å². The van der Waals surface area contributed by atoms with Crippen LogP contribution in [0.25, 0.3) is 22.3 Å². The highest BCUT2D eigenvalue weighted by Crippen LogP contribution is 2.37. The van der Waals surface area contributed by atoms with Crippen LogP contribution >= 0.6 is 23.2 Å². The summed E-state index contributed by atoms with van der Waals surface area (Å²) in [5.74, 6) is 1.42. The highest BCUT2D eigenvalue weighted by Gasteiger charge is 2.16. The molecular formula is C20H22Cl2N4O. The fourth-order valence-electron chi connectivity index (χ4n) is 2.98. The van der Waals surface area contributed by atoms with Crippen molar-refractivity contribution in [2.24, 2.45) is 11.7 Å². The van der Waals surface area contributed by atoms with Crippen molar-refractivity contribution in [1.82, 2.24) is 9.97 Å². The number of benzene rings is 2. The monoisotopic (exact) mass is 404 g/mol. The summed E-state index contributed by atoms with van der Waals surface area (Å²) >= 11 is 12.2. The molecule has 1 heterocycles. The molecule has 0 saturated heterocycles. The Labute approximate surface area is 168 Å². The second-order valence-electron chi connectivity index (χ2n) is 6.97. The van der Waals surface area contributed by atoms with Gasteiger partial charge >= 0.3 is 0 Å². The molecule has 0 spiro atoms. The second kappa shape index (κ2) is 8.30. The smallest absolute Gasteiger partial charge is 0.165 e. The Morgan fingerprint density at radius 1 is 1.15 bits per heavy atom. The maximum atomic E-state index is 10.3. The molecule has 0 saturated carbocycles. The number of hydrogen-bond donors (Lipinski definition) is 3. The molecule has 1 aromatic heterocycles. The number of phenolic OH excluding ortho intramolecular Hbond substituents is 1. The SMILES string of the molecule is CC(C)C[C@H](N)CNc1nc(-c2cc(Cl)cc(Cl)c2O)nc2ccccc12. The van der Waals surface area contributed by atoms with Gasteiger partial charge in [-0.15, -0.1) is 0 Å². The van der Waals surface area contributed by atoms with Crippen LogP contribution in [0.15, 0.2) is 36.4 Å². The molecule has 2 aromatic carbocycles. The number of anilines is 1. The average molecular weight is 405 g/mol. The van der Waals surface area contributed by atoms with E-state index in [1.54, 1.807) is 6.07 Å². The minimum atomic E-state index is -0.0983. The predicted molar refractivity (Wildman–Crippen MR) is 113 cm³/mol. The van der Waals surface area contributed by atoms with Crippen molar-refractivity contribution >= 4 is 39.9 Å². The Hall–Kier alpha value is -2.08. The van der Waals surface area contributed by atoms with Gasteiger partial charge in [-0.3, -0.25) is 0 Å². The van der Waals surface area contributed by atoms with Crippen molar-refractivity contribution in [3.63, 3.8) is 0 Å². The molecule has 0 aliphatic heterocycles. The third-order valence-electron chi connectivity index (χ3n) is 4.18. The van der Waals surface area contributed by atoms with E-state index in [1.165, 1.54) is 6.07 Å². The second-order valence-corrected chi connectivity index (χ2v) is 7.81. The van der Waals surface area contributed by atoms with Gasteiger partial charge in [0.1, 0.15) is 11.6 Å². The first kappa shape index (κ1) is 19.7. The Morgan fingerprint density at radius 2 is 1.89 bits per heavy atom. The fraction of sp³-hybridized carbons (Fsp3) is 0.300. The van der Waals surface area contributed by atoms with Gasteiger partial charge in [-0.2, -0.15) is 0 Å². The van der Waals surface area contributed by atoms with Gasteiger partial charge in [0.15, 0.2) is 5.82 Å². The molecular weight excluding hydrogens is 383 g/mol. The van der Waals surface area contributed by atoms with Crippen molar-refractivity contribution in [2.45, 2.75) is 26.3 Å². The summed E-state index contributed by atoms with van der Waals surface area (Å²) < 4.78 is 0. The number of para-hydroxylation sites is 1. The molecule has 0 fully saturated rings. The molecule has 0 radical (unpaired) electrons. The maximum absolute atomic E-state index is 10.3. The molecule has 0 aliphatic carbocycles. The molecule has 27 heavy (non-hydrogen) atoms. The van der Waals surface area contributed by atoms with E-state index in [2.05, 4.69) is 29.1 Å². The van der Waals surface area contributed by atoms with E-state index in [9.17, 15) is 5.11 Å². The minimum Gasteiger partial charge on any atom is -0.506 e. The normalized spacial score (nSPS) is 12.5. The van der Waals surface area contributed by atoms with Gasteiger partial charge in [0.25, 0.3) is 0 Å². The van der Waals surface area contributed by atoms with Gasteiger partial charge in [0.2, 0.25) is 0 Å². The number of fused-ring (bicyclic) bond motifs is 1. The Balaban J connectivity index is 2.03. The standard InChI is InChI=1S/C20H22Cl2N4O/c1-11(2)7-13(23)10-24-19-14-5-3-4-6-17(14)25-20(26-19)15-8-12(21)9-16(22)18(15)27/h3-6,8-9,11,13,27H,7,10,23H2,1-2H3,(H,24,25,26)/t13-/m0/s1. The molecule has 3 aromatic rings. The molecule has 0 aliphatic rings. The Kier molecular flexibility index (Phi) is 6.05. The zero-order valence-electron chi connectivity index (χ0n) is 15.2. The molecule has 142 valence electrons. The lowest BCUT2D eigenvalue weighted by Gasteiger charge is -2.17. The summed E-state index contributed by atoms with van der Waals surface area (Å²) in [6, 6.07) is 10.8. The Morgan fingerprint density at radius 3 is 2.63 bits per heavy atom. The van der Waals surface area contributed by atoms with E-state index >= 15 is 0 Å². The van der Waals surface area contributed by atoms with Gasteiger partial charge in [0, 0.05) is 23.0 Å². The maximum Gasteiger partial charge on any atom is 0.165 e. The summed E-state index contributed by atoms with van der Waals surface area (Å²) in [5, 5.41) is 15.1. The lowest BCUT2D eigenvalue weighted by molar-refractivity contribution is 0.477. The van der Waals surface area contributed by atoms with E-state index in [0.717, 1.165) is 17.3 Å². The van der Waals surface area contributed by atoms with Crippen LogP contribution in [0, 0.1) is 5.92 Å². The lowest BCUT2D eigenvalue weighted by atomic mass is 10.0. The van der Waals surface area contributed by atoms with Crippen molar-refractivity contribution < 1.29 is 5.11 Å². The number of rotatable bonds is 6. The number of phenols is 1. The third-order valence-corrected chi connectivity index (χ3v) is 4.68. The van der Waals surface area contributed by atoms with E-state index in [4.69, 9.17) is 28.9 Å². The van der Waals surface area contributed by atoms with Crippen molar-refractivity contribution in [3.8, 4) is 17.1 Å². The molecule has 0 amide bonds. The molecule has 5 nitrogen and oxygen atoms in total. The highest BCUT2D eigenvalue weighted by atomic mass is 35.5. The van der Waals surface area contributed by atoms with Crippen LogP contribution in [0.1, 0.15) is 20.3 Å². The van der Waals surface area contributed by atoms with E-state index in [-0.39, 0.29) is 16.8 Å². The minimum absolute atomic E-state index is 0.0104. The van der Waals surface area contributed by atoms with Crippen molar-refractivity contribution in [1.29, 1.82) is 0 Å². The number of hydrogen-bond acceptors (Lipinski definition) is 5. The van der Waals surface area contributed by atoms with Gasteiger partial charge < -0.3 is 16.2 Å².